The molecule has 0 aliphatic carbocycles. The predicted octanol–water partition coefficient (Wildman–Crippen LogP) is 3.67. The first kappa shape index (κ1) is 18.3. The minimum atomic E-state index is -4.62. The number of alkyl halides is 3. The van der Waals surface area contributed by atoms with E-state index in [4.69, 9.17) is 17.3 Å². The molecule has 2 rings (SSSR count). The van der Waals surface area contributed by atoms with Crippen LogP contribution in [-0.2, 0) is 6.18 Å². The summed E-state index contributed by atoms with van der Waals surface area (Å²) >= 11 is 5.85. The molecule has 0 saturated carbocycles. The highest BCUT2D eigenvalue weighted by Crippen LogP contribution is 2.36. The molecular weight excluding hydrogens is 345 g/mol. The summed E-state index contributed by atoms with van der Waals surface area (Å²) in [5.74, 6) is -0.651. The van der Waals surface area contributed by atoms with Crippen molar-refractivity contribution in [2.45, 2.75) is 25.6 Å². The van der Waals surface area contributed by atoms with E-state index in [1.165, 1.54) is 18.2 Å². The number of rotatable bonds is 5. The van der Waals surface area contributed by atoms with E-state index in [0.717, 1.165) is 0 Å². The minimum Gasteiger partial charge on any atom is -0.507 e. The number of phenolic OH excluding ortho intramolecular Hbond substituents is 1. The first-order chi connectivity index (χ1) is 11.2. The molecule has 2 aromatic rings. The van der Waals surface area contributed by atoms with Crippen LogP contribution in [0.3, 0.4) is 0 Å². The van der Waals surface area contributed by atoms with Gasteiger partial charge in [-0.1, -0.05) is 18.5 Å². The lowest BCUT2D eigenvalue weighted by molar-refractivity contribution is -0.137. The zero-order valence-electron chi connectivity index (χ0n) is 12.7. The monoisotopic (exact) mass is 360 g/mol. The van der Waals surface area contributed by atoms with Crippen molar-refractivity contribution in [2.24, 2.45) is 5.73 Å². The van der Waals surface area contributed by atoms with Crippen LogP contribution in [0.4, 0.5) is 19.0 Å². The van der Waals surface area contributed by atoms with Crippen LogP contribution in [0.1, 0.15) is 18.9 Å². The average Bonchev–Trinajstić information content (AvgIpc) is 2.53. The molecule has 1 unspecified atom stereocenters. The van der Waals surface area contributed by atoms with E-state index in [9.17, 15) is 18.3 Å². The normalized spacial score (nSPS) is 12.9. The van der Waals surface area contributed by atoms with Crippen LogP contribution in [0.5, 0.6) is 5.75 Å². The predicted molar refractivity (Wildman–Crippen MR) is 85.9 cm³/mol. The number of anilines is 1. The molecule has 9 heteroatoms. The Kier molecular flexibility index (Phi) is 5.51. The van der Waals surface area contributed by atoms with Crippen LogP contribution >= 0.6 is 11.6 Å². The molecule has 1 heterocycles. The highest BCUT2D eigenvalue weighted by molar-refractivity contribution is 6.30. The van der Waals surface area contributed by atoms with Crippen molar-refractivity contribution < 1.29 is 18.3 Å². The Hall–Kier alpha value is -2.06. The van der Waals surface area contributed by atoms with E-state index in [2.05, 4.69) is 15.3 Å². The summed E-state index contributed by atoms with van der Waals surface area (Å²) < 4.78 is 39.3. The number of hydrogen-bond donors (Lipinski definition) is 3. The maximum Gasteiger partial charge on any atom is 0.421 e. The third-order valence-corrected chi connectivity index (χ3v) is 3.58. The van der Waals surface area contributed by atoms with E-state index in [1.807, 2.05) is 6.92 Å². The molecule has 4 N–H and O–H groups in total. The average molecular weight is 361 g/mol. The Bertz CT molecular complexity index is 724. The zero-order chi connectivity index (χ0) is 17.9. The van der Waals surface area contributed by atoms with Crippen molar-refractivity contribution >= 4 is 17.4 Å². The van der Waals surface area contributed by atoms with Crippen molar-refractivity contribution in [3.8, 4) is 17.1 Å². The third kappa shape index (κ3) is 4.27. The molecule has 0 bridgehead atoms. The number of halogens is 4. The third-order valence-electron chi connectivity index (χ3n) is 3.35. The largest absolute Gasteiger partial charge is 0.507 e. The van der Waals surface area contributed by atoms with E-state index in [0.29, 0.717) is 17.6 Å². The second kappa shape index (κ2) is 7.23. The summed E-state index contributed by atoms with van der Waals surface area (Å²) in [6.45, 7) is 1.95. The van der Waals surface area contributed by atoms with Gasteiger partial charge in [0.15, 0.2) is 5.82 Å². The second-order valence-electron chi connectivity index (χ2n) is 5.16. The van der Waals surface area contributed by atoms with Gasteiger partial charge in [-0.3, -0.25) is 0 Å². The number of aromatic hydroxyl groups is 1. The quantitative estimate of drug-likeness (QED) is 0.757. The lowest BCUT2D eigenvalue weighted by Gasteiger charge is -2.16. The van der Waals surface area contributed by atoms with Crippen LogP contribution < -0.4 is 11.1 Å². The first-order valence-electron chi connectivity index (χ1n) is 7.15. The summed E-state index contributed by atoms with van der Waals surface area (Å²) in [5.41, 5.74) is 4.86. The molecule has 0 saturated heterocycles. The van der Waals surface area contributed by atoms with Gasteiger partial charge in [0.05, 0.1) is 5.56 Å². The van der Waals surface area contributed by atoms with Gasteiger partial charge < -0.3 is 16.2 Å². The van der Waals surface area contributed by atoms with Gasteiger partial charge in [-0.15, -0.1) is 0 Å². The van der Waals surface area contributed by atoms with Crippen LogP contribution in [0.25, 0.3) is 11.4 Å². The summed E-state index contributed by atoms with van der Waals surface area (Å²) in [7, 11) is 0. The molecule has 1 aromatic heterocycles. The molecule has 0 fully saturated rings. The number of benzene rings is 1. The zero-order valence-corrected chi connectivity index (χ0v) is 13.5. The fraction of sp³-hybridized carbons (Fsp3) is 0.333. The Morgan fingerprint density at radius 2 is 2.08 bits per heavy atom. The number of phenols is 1. The Morgan fingerprint density at radius 3 is 2.71 bits per heavy atom. The summed E-state index contributed by atoms with van der Waals surface area (Å²) in [6.07, 6.45) is -3.35. The Balaban J connectivity index is 2.47. The molecule has 1 aromatic carbocycles. The van der Waals surface area contributed by atoms with Crippen molar-refractivity contribution in [3.63, 3.8) is 0 Å². The molecule has 0 spiro atoms. The van der Waals surface area contributed by atoms with Gasteiger partial charge in [0, 0.05) is 23.8 Å². The SMILES string of the molecule is CCC(N)CNc1nc(-c2cc(Cl)ccc2O)ncc1C(F)(F)F. The topological polar surface area (TPSA) is 84.1 Å². The molecule has 0 radical (unpaired) electrons. The molecule has 1 atom stereocenters. The fourth-order valence-corrected chi connectivity index (χ4v) is 2.09. The lowest BCUT2D eigenvalue weighted by atomic mass is 10.1. The first-order valence-corrected chi connectivity index (χ1v) is 7.52. The van der Waals surface area contributed by atoms with Gasteiger partial charge in [0.25, 0.3) is 0 Å². The van der Waals surface area contributed by atoms with E-state index >= 15 is 0 Å². The van der Waals surface area contributed by atoms with Gasteiger partial charge in [-0.05, 0) is 24.6 Å². The molecule has 0 aliphatic rings. The standard InChI is InChI=1S/C15H16ClF3N4O/c1-2-9(20)6-21-14-11(15(17,18)19)7-22-13(23-14)10-5-8(16)3-4-12(10)24/h3-5,7,9,24H,2,6,20H2,1H3,(H,21,22,23). The lowest BCUT2D eigenvalue weighted by Crippen LogP contribution is -2.29. The van der Waals surface area contributed by atoms with Gasteiger partial charge >= 0.3 is 6.18 Å². The van der Waals surface area contributed by atoms with Gasteiger partial charge in [-0.25, -0.2) is 9.97 Å². The van der Waals surface area contributed by atoms with Crippen LogP contribution in [-0.4, -0.2) is 27.7 Å². The van der Waals surface area contributed by atoms with Crippen molar-refractivity contribution in [2.75, 3.05) is 11.9 Å². The summed E-state index contributed by atoms with van der Waals surface area (Å²) in [5, 5.41) is 12.8. The molecular formula is C15H16ClF3N4O. The van der Waals surface area contributed by atoms with Crippen molar-refractivity contribution in [1.29, 1.82) is 0 Å². The molecule has 130 valence electrons. The van der Waals surface area contributed by atoms with Gasteiger partial charge in [0.2, 0.25) is 0 Å². The Labute approximate surface area is 141 Å². The van der Waals surface area contributed by atoms with Crippen LogP contribution in [0, 0.1) is 0 Å². The van der Waals surface area contributed by atoms with Crippen molar-refractivity contribution in [3.05, 3.63) is 35.0 Å². The minimum absolute atomic E-state index is 0.0735. The van der Waals surface area contributed by atoms with Crippen LogP contribution in [0.2, 0.25) is 5.02 Å². The molecule has 5 nitrogen and oxygen atoms in total. The number of aromatic nitrogens is 2. The molecule has 0 aliphatic heterocycles. The van der Waals surface area contributed by atoms with Gasteiger partial charge in [-0.2, -0.15) is 13.2 Å². The van der Waals surface area contributed by atoms with Gasteiger partial charge in [0.1, 0.15) is 17.1 Å². The molecule has 0 amide bonds. The number of nitrogens with zero attached hydrogens (tertiary/aromatic N) is 2. The number of hydrogen-bond acceptors (Lipinski definition) is 5. The van der Waals surface area contributed by atoms with E-state index < -0.39 is 17.6 Å². The van der Waals surface area contributed by atoms with Crippen molar-refractivity contribution in [1.82, 2.24) is 9.97 Å². The maximum atomic E-state index is 13.1. The van der Waals surface area contributed by atoms with E-state index in [1.54, 1.807) is 0 Å². The highest BCUT2D eigenvalue weighted by atomic mass is 35.5. The second-order valence-corrected chi connectivity index (χ2v) is 5.60. The maximum absolute atomic E-state index is 13.1. The molecule has 24 heavy (non-hydrogen) atoms. The smallest absolute Gasteiger partial charge is 0.421 e. The summed E-state index contributed by atoms with van der Waals surface area (Å²) in [4.78, 5) is 7.61. The number of nitrogens with one attached hydrogen (secondary N) is 1. The Morgan fingerprint density at radius 1 is 1.38 bits per heavy atom. The van der Waals surface area contributed by atoms with E-state index in [-0.39, 0.29) is 29.7 Å². The summed E-state index contributed by atoms with van der Waals surface area (Å²) in [6, 6.07) is 3.83. The fourth-order valence-electron chi connectivity index (χ4n) is 1.91. The number of nitrogens with two attached hydrogens (primary N) is 1. The highest BCUT2D eigenvalue weighted by Gasteiger charge is 2.35. The van der Waals surface area contributed by atoms with Crippen LogP contribution in [0.15, 0.2) is 24.4 Å².